The second-order valence-electron chi connectivity index (χ2n) is 4.93. The minimum absolute atomic E-state index is 0.123. The molecule has 0 aliphatic carbocycles. The van der Waals surface area contributed by atoms with Crippen LogP contribution in [0.15, 0.2) is 23.7 Å². The van der Waals surface area contributed by atoms with Gasteiger partial charge in [-0.05, 0) is 31.5 Å². The van der Waals surface area contributed by atoms with Gasteiger partial charge < -0.3 is 10.6 Å². The summed E-state index contributed by atoms with van der Waals surface area (Å²) in [5, 5.41) is 8.22. The van der Waals surface area contributed by atoms with Gasteiger partial charge in [-0.15, -0.1) is 11.3 Å². The molecular weight excluding hydrogens is 300 g/mol. The summed E-state index contributed by atoms with van der Waals surface area (Å²) in [5.41, 5.74) is 1.96. The molecule has 0 aliphatic heterocycles. The fraction of sp³-hybridized carbons (Fsp3) is 0.333. The molecule has 116 valence electrons. The Balaban J connectivity index is 1.70. The van der Waals surface area contributed by atoms with Crippen LogP contribution in [0.5, 0.6) is 0 Å². The Morgan fingerprint density at radius 2 is 2.00 bits per heavy atom. The Morgan fingerprint density at radius 3 is 2.68 bits per heavy atom. The van der Waals surface area contributed by atoms with E-state index in [1.165, 1.54) is 11.3 Å². The van der Waals surface area contributed by atoms with Crippen molar-refractivity contribution in [2.24, 2.45) is 0 Å². The molecule has 7 heteroatoms. The summed E-state index contributed by atoms with van der Waals surface area (Å²) in [4.78, 5) is 31.8. The SMILES string of the molecule is Cc1ccnc(NC(=O)CCC(=O)NCc2nc(C)cs2)c1. The summed E-state index contributed by atoms with van der Waals surface area (Å²) < 4.78 is 0. The first kappa shape index (κ1) is 16.1. The lowest BCUT2D eigenvalue weighted by atomic mass is 10.2. The second kappa shape index (κ2) is 7.65. The molecule has 2 aromatic rings. The van der Waals surface area contributed by atoms with Crippen LogP contribution in [0.2, 0.25) is 0 Å². The molecule has 0 spiro atoms. The first-order chi connectivity index (χ1) is 10.5. The highest BCUT2D eigenvalue weighted by atomic mass is 32.1. The van der Waals surface area contributed by atoms with Gasteiger partial charge in [0, 0.05) is 30.1 Å². The highest BCUT2D eigenvalue weighted by Gasteiger charge is 2.08. The van der Waals surface area contributed by atoms with Gasteiger partial charge in [0.05, 0.1) is 6.54 Å². The van der Waals surface area contributed by atoms with Crippen LogP contribution < -0.4 is 10.6 Å². The van der Waals surface area contributed by atoms with E-state index in [0.29, 0.717) is 12.4 Å². The Morgan fingerprint density at radius 1 is 1.23 bits per heavy atom. The van der Waals surface area contributed by atoms with E-state index < -0.39 is 0 Å². The van der Waals surface area contributed by atoms with Gasteiger partial charge in [0.25, 0.3) is 0 Å². The Bertz CT molecular complexity index is 669. The number of aryl methyl sites for hydroxylation is 2. The molecule has 0 unspecified atom stereocenters. The van der Waals surface area contributed by atoms with E-state index in [1.807, 2.05) is 25.3 Å². The third-order valence-electron chi connectivity index (χ3n) is 2.87. The number of rotatable bonds is 6. The normalized spacial score (nSPS) is 10.3. The average molecular weight is 318 g/mol. The number of aromatic nitrogens is 2. The lowest BCUT2D eigenvalue weighted by Gasteiger charge is -2.05. The summed E-state index contributed by atoms with van der Waals surface area (Å²) in [6.45, 7) is 4.23. The third kappa shape index (κ3) is 5.25. The van der Waals surface area contributed by atoms with Gasteiger partial charge >= 0.3 is 0 Å². The van der Waals surface area contributed by atoms with Gasteiger partial charge in [-0.1, -0.05) is 0 Å². The molecule has 0 radical (unpaired) electrons. The fourth-order valence-corrected chi connectivity index (χ4v) is 2.49. The van der Waals surface area contributed by atoms with Gasteiger partial charge in [0.15, 0.2) is 0 Å². The number of hydrogen-bond acceptors (Lipinski definition) is 5. The second-order valence-corrected chi connectivity index (χ2v) is 5.87. The van der Waals surface area contributed by atoms with Crippen molar-refractivity contribution in [1.82, 2.24) is 15.3 Å². The van der Waals surface area contributed by atoms with Crippen LogP contribution in [0.3, 0.4) is 0 Å². The van der Waals surface area contributed by atoms with E-state index in [1.54, 1.807) is 12.3 Å². The van der Waals surface area contributed by atoms with Gasteiger partial charge in [-0.2, -0.15) is 0 Å². The van der Waals surface area contributed by atoms with Crippen molar-refractivity contribution < 1.29 is 9.59 Å². The number of hydrogen-bond donors (Lipinski definition) is 2. The largest absolute Gasteiger partial charge is 0.350 e. The van der Waals surface area contributed by atoms with Gasteiger partial charge in [-0.25, -0.2) is 9.97 Å². The highest BCUT2D eigenvalue weighted by Crippen LogP contribution is 2.08. The predicted octanol–water partition coefficient (Wildman–Crippen LogP) is 2.19. The Hall–Kier alpha value is -2.28. The molecule has 0 bridgehead atoms. The van der Waals surface area contributed by atoms with E-state index in [0.717, 1.165) is 16.3 Å². The van der Waals surface area contributed by atoms with Gasteiger partial charge in [-0.3, -0.25) is 9.59 Å². The summed E-state index contributed by atoms with van der Waals surface area (Å²) in [6.07, 6.45) is 1.90. The number of amides is 2. The molecule has 2 amide bonds. The zero-order valence-electron chi connectivity index (χ0n) is 12.5. The monoisotopic (exact) mass is 318 g/mol. The molecule has 0 saturated heterocycles. The van der Waals surface area contributed by atoms with E-state index in [9.17, 15) is 9.59 Å². The van der Waals surface area contributed by atoms with E-state index in [2.05, 4.69) is 20.6 Å². The standard InChI is InChI=1S/C15H18N4O2S/c1-10-5-6-16-12(7-10)19-14(21)4-3-13(20)17-8-15-18-11(2)9-22-15/h5-7,9H,3-4,8H2,1-2H3,(H,17,20)(H,16,19,21). The topological polar surface area (TPSA) is 84.0 Å². The zero-order chi connectivity index (χ0) is 15.9. The maximum atomic E-state index is 11.8. The number of nitrogens with zero attached hydrogens (tertiary/aromatic N) is 2. The number of anilines is 1. The van der Waals surface area contributed by atoms with Crippen LogP contribution in [0, 0.1) is 13.8 Å². The smallest absolute Gasteiger partial charge is 0.226 e. The van der Waals surface area contributed by atoms with Crippen LogP contribution >= 0.6 is 11.3 Å². The number of pyridine rings is 1. The van der Waals surface area contributed by atoms with Crippen LogP contribution in [-0.2, 0) is 16.1 Å². The van der Waals surface area contributed by atoms with Crippen molar-refractivity contribution in [3.8, 4) is 0 Å². The van der Waals surface area contributed by atoms with E-state index in [4.69, 9.17) is 0 Å². The lowest BCUT2D eigenvalue weighted by molar-refractivity contribution is -0.124. The first-order valence-electron chi connectivity index (χ1n) is 6.93. The number of nitrogens with one attached hydrogen (secondary N) is 2. The minimum atomic E-state index is -0.224. The van der Waals surface area contributed by atoms with Gasteiger partial charge in [0.2, 0.25) is 11.8 Å². The predicted molar refractivity (Wildman–Crippen MR) is 85.5 cm³/mol. The molecule has 2 heterocycles. The molecule has 2 rings (SSSR count). The van der Waals surface area contributed by atoms with Crippen molar-refractivity contribution in [2.45, 2.75) is 33.2 Å². The van der Waals surface area contributed by atoms with Crippen molar-refractivity contribution in [1.29, 1.82) is 0 Å². The van der Waals surface area contributed by atoms with Crippen molar-refractivity contribution in [2.75, 3.05) is 5.32 Å². The van der Waals surface area contributed by atoms with Crippen molar-refractivity contribution >= 4 is 29.0 Å². The molecular formula is C15H18N4O2S. The summed E-state index contributed by atoms with van der Waals surface area (Å²) >= 11 is 1.51. The molecule has 2 aromatic heterocycles. The van der Waals surface area contributed by atoms with Gasteiger partial charge in [0.1, 0.15) is 10.8 Å². The Labute approximate surface area is 133 Å². The van der Waals surface area contributed by atoms with Crippen LogP contribution in [0.25, 0.3) is 0 Å². The molecule has 6 nitrogen and oxygen atoms in total. The number of thiazole rings is 1. The maximum absolute atomic E-state index is 11.8. The van der Waals surface area contributed by atoms with Crippen molar-refractivity contribution in [3.63, 3.8) is 0 Å². The van der Waals surface area contributed by atoms with Crippen LogP contribution in [0.1, 0.15) is 29.1 Å². The molecule has 0 fully saturated rings. The van der Waals surface area contributed by atoms with E-state index in [-0.39, 0.29) is 24.7 Å². The average Bonchev–Trinajstić information content (AvgIpc) is 2.89. The molecule has 0 atom stereocenters. The fourth-order valence-electron chi connectivity index (χ4n) is 1.78. The molecule has 0 aliphatic rings. The van der Waals surface area contributed by atoms with Crippen LogP contribution in [0.4, 0.5) is 5.82 Å². The maximum Gasteiger partial charge on any atom is 0.226 e. The number of carbonyl (C=O) groups is 2. The quantitative estimate of drug-likeness (QED) is 0.855. The third-order valence-corrected chi connectivity index (χ3v) is 3.83. The molecule has 0 aromatic carbocycles. The molecule has 0 saturated carbocycles. The minimum Gasteiger partial charge on any atom is -0.350 e. The first-order valence-corrected chi connectivity index (χ1v) is 7.81. The van der Waals surface area contributed by atoms with Crippen LogP contribution in [-0.4, -0.2) is 21.8 Å². The summed E-state index contributed by atoms with van der Waals surface area (Å²) in [7, 11) is 0. The molecule has 2 N–H and O–H groups in total. The summed E-state index contributed by atoms with van der Waals surface area (Å²) in [5.74, 6) is 0.113. The lowest BCUT2D eigenvalue weighted by Crippen LogP contribution is -2.24. The Kier molecular flexibility index (Phi) is 5.60. The zero-order valence-corrected chi connectivity index (χ0v) is 13.4. The molecule has 22 heavy (non-hydrogen) atoms. The van der Waals surface area contributed by atoms with E-state index >= 15 is 0 Å². The summed E-state index contributed by atoms with van der Waals surface area (Å²) in [6, 6.07) is 3.63. The number of carbonyl (C=O) groups excluding carboxylic acids is 2. The highest BCUT2D eigenvalue weighted by molar-refractivity contribution is 7.09. The van der Waals surface area contributed by atoms with Crippen molar-refractivity contribution in [3.05, 3.63) is 40.0 Å².